The maximum atomic E-state index is 11.6. The van der Waals surface area contributed by atoms with Gasteiger partial charge >= 0.3 is 0 Å². The minimum absolute atomic E-state index is 0.175. The van der Waals surface area contributed by atoms with E-state index in [4.69, 9.17) is 4.74 Å². The maximum Gasteiger partial charge on any atom is 0.236 e. The van der Waals surface area contributed by atoms with Gasteiger partial charge in [-0.3, -0.25) is 4.79 Å². The van der Waals surface area contributed by atoms with Crippen LogP contribution in [-0.4, -0.2) is 49.7 Å². The number of hydrogen-bond acceptors (Lipinski definition) is 3. The van der Waals surface area contributed by atoms with Gasteiger partial charge in [0.15, 0.2) is 0 Å². The van der Waals surface area contributed by atoms with Gasteiger partial charge in [0.2, 0.25) is 5.91 Å². The Labute approximate surface area is 92.0 Å². The number of nitrogens with zero attached hydrogens (tertiary/aromatic N) is 1. The van der Waals surface area contributed by atoms with Crippen LogP contribution >= 0.6 is 0 Å². The molecule has 1 unspecified atom stereocenters. The van der Waals surface area contributed by atoms with Gasteiger partial charge in [-0.2, -0.15) is 0 Å². The third kappa shape index (κ3) is 4.62. The Balaban J connectivity index is 2.05. The number of rotatable bonds is 7. The Hall–Kier alpha value is -0.610. The highest BCUT2D eigenvalue weighted by atomic mass is 16.5. The topological polar surface area (TPSA) is 41.6 Å². The molecular weight excluding hydrogens is 192 g/mol. The highest BCUT2D eigenvalue weighted by Gasteiger charge is 2.28. The Morgan fingerprint density at radius 1 is 1.60 bits per heavy atom. The Morgan fingerprint density at radius 2 is 2.27 bits per heavy atom. The SMILES string of the molecule is CCOC(C)CNCC(=O)N(C)C1CC1. The van der Waals surface area contributed by atoms with Gasteiger partial charge in [-0.15, -0.1) is 0 Å². The van der Waals surface area contributed by atoms with E-state index in [1.54, 1.807) is 0 Å². The van der Waals surface area contributed by atoms with E-state index in [9.17, 15) is 4.79 Å². The smallest absolute Gasteiger partial charge is 0.236 e. The summed E-state index contributed by atoms with van der Waals surface area (Å²) in [5, 5.41) is 3.12. The maximum absolute atomic E-state index is 11.6. The predicted molar refractivity (Wildman–Crippen MR) is 59.7 cm³/mol. The molecule has 1 N–H and O–H groups in total. The van der Waals surface area contributed by atoms with Crippen LogP contribution in [0.25, 0.3) is 0 Å². The monoisotopic (exact) mass is 214 g/mol. The average molecular weight is 214 g/mol. The number of hydrogen-bond donors (Lipinski definition) is 1. The molecule has 1 saturated carbocycles. The van der Waals surface area contributed by atoms with Crippen molar-refractivity contribution in [3.8, 4) is 0 Å². The van der Waals surface area contributed by atoms with Gasteiger partial charge in [-0.1, -0.05) is 0 Å². The predicted octanol–water partition coefficient (Wildman–Crippen LogP) is 0.622. The molecule has 1 amide bonds. The van der Waals surface area contributed by atoms with E-state index in [0.717, 1.165) is 26.0 Å². The number of likely N-dealkylation sites (N-methyl/N-ethyl adjacent to an activating group) is 1. The fraction of sp³-hybridized carbons (Fsp3) is 0.909. The van der Waals surface area contributed by atoms with Crippen molar-refractivity contribution in [1.29, 1.82) is 0 Å². The number of amides is 1. The molecule has 0 saturated heterocycles. The molecular formula is C11H22N2O2. The van der Waals surface area contributed by atoms with Gasteiger partial charge in [0.1, 0.15) is 0 Å². The van der Waals surface area contributed by atoms with Crippen LogP contribution in [0.2, 0.25) is 0 Å². The Morgan fingerprint density at radius 3 is 2.80 bits per heavy atom. The summed E-state index contributed by atoms with van der Waals surface area (Å²) in [5.74, 6) is 0.182. The first-order chi connectivity index (χ1) is 7.15. The van der Waals surface area contributed by atoms with Crippen LogP contribution < -0.4 is 5.32 Å². The van der Waals surface area contributed by atoms with Crippen molar-refractivity contribution in [3.63, 3.8) is 0 Å². The molecule has 4 nitrogen and oxygen atoms in total. The van der Waals surface area contributed by atoms with E-state index in [0.29, 0.717) is 12.6 Å². The lowest BCUT2D eigenvalue weighted by Crippen LogP contribution is -2.39. The second kappa shape index (κ2) is 6.08. The molecule has 0 aromatic rings. The summed E-state index contributed by atoms with van der Waals surface area (Å²) >= 11 is 0. The van der Waals surface area contributed by atoms with E-state index >= 15 is 0 Å². The van der Waals surface area contributed by atoms with Crippen molar-refractivity contribution in [2.24, 2.45) is 0 Å². The first-order valence-corrected chi connectivity index (χ1v) is 5.73. The zero-order chi connectivity index (χ0) is 11.3. The van der Waals surface area contributed by atoms with Crippen molar-refractivity contribution in [3.05, 3.63) is 0 Å². The van der Waals surface area contributed by atoms with Crippen LogP contribution in [0.15, 0.2) is 0 Å². The summed E-state index contributed by atoms with van der Waals surface area (Å²) in [6.07, 6.45) is 2.50. The molecule has 4 heteroatoms. The molecule has 1 aliphatic rings. The molecule has 1 atom stereocenters. The van der Waals surface area contributed by atoms with Crippen molar-refractivity contribution >= 4 is 5.91 Å². The fourth-order valence-corrected chi connectivity index (χ4v) is 1.52. The van der Waals surface area contributed by atoms with Gasteiger partial charge in [0.25, 0.3) is 0 Å². The molecule has 1 rings (SSSR count). The summed E-state index contributed by atoms with van der Waals surface area (Å²) < 4.78 is 5.36. The van der Waals surface area contributed by atoms with E-state index in [1.807, 2.05) is 25.8 Å². The van der Waals surface area contributed by atoms with Gasteiger partial charge in [0, 0.05) is 26.2 Å². The lowest BCUT2D eigenvalue weighted by molar-refractivity contribution is -0.129. The van der Waals surface area contributed by atoms with E-state index in [2.05, 4.69) is 5.32 Å². The second-order valence-electron chi connectivity index (χ2n) is 4.13. The van der Waals surface area contributed by atoms with Crippen molar-refractivity contribution < 1.29 is 9.53 Å². The van der Waals surface area contributed by atoms with Gasteiger partial charge < -0.3 is 15.0 Å². The van der Waals surface area contributed by atoms with Gasteiger partial charge in [0.05, 0.1) is 12.6 Å². The first-order valence-electron chi connectivity index (χ1n) is 5.73. The number of carbonyl (C=O) groups excluding carboxylic acids is 1. The van der Waals surface area contributed by atoms with E-state index in [1.165, 1.54) is 0 Å². The van der Waals surface area contributed by atoms with Crippen LogP contribution in [0.3, 0.4) is 0 Å². The van der Waals surface area contributed by atoms with Gasteiger partial charge in [-0.25, -0.2) is 0 Å². The zero-order valence-electron chi connectivity index (χ0n) is 9.95. The molecule has 0 spiro atoms. The zero-order valence-corrected chi connectivity index (χ0v) is 9.95. The molecule has 1 fully saturated rings. The normalized spacial score (nSPS) is 17.5. The fourth-order valence-electron chi connectivity index (χ4n) is 1.52. The van der Waals surface area contributed by atoms with Gasteiger partial charge in [-0.05, 0) is 26.7 Å². The van der Waals surface area contributed by atoms with Crippen LogP contribution in [0, 0.1) is 0 Å². The molecule has 88 valence electrons. The molecule has 1 aliphatic carbocycles. The summed E-state index contributed by atoms with van der Waals surface area (Å²) in [6.45, 7) is 5.86. The molecule has 0 aromatic carbocycles. The van der Waals surface area contributed by atoms with Crippen molar-refractivity contribution in [2.45, 2.75) is 38.8 Å². The Bertz CT molecular complexity index is 205. The minimum atomic E-state index is 0.175. The summed E-state index contributed by atoms with van der Waals surface area (Å²) in [5.41, 5.74) is 0. The first kappa shape index (κ1) is 12.5. The second-order valence-corrected chi connectivity index (χ2v) is 4.13. The molecule has 0 aliphatic heterocycles. The summed E-state index contributed by atoms with van der Waals surface area (Å²) in [4.78, 5) is 13.4. The van der Waals surface area contributed by atoms with Crippen molar-refractivity contribution in [1.82, 2.24) is 10.2 Å². The summed E-state index contributed by atoms with van der Waals surface area (Å²) in [7, 11) is 1.88. The molecule has 0 bridgehead atoms. The largest absolute Gasteiger partial charge is 0.377 e. The minimum Gasteiger partial charge on any atom is -0.377 e. The molecule has 0 aromatic heterocycles. The quantitative estimate of drug-likeness (QED) is 0.675. The molecule has 15 heavy (non-hydrogen) atoms. The highest BCUT2D eigenvalue weighted by molar-refractivity contribution is 5.78. The number of nitrogens with one attached hydrogen (secondary N) is 1. The molecule has 0 heterocycles. The van der Waals surface area contributed by atoms with Crippen LogP contribution in [-0.2, 0) is 9.53 Å². The lowest BCUT2D eigenvalue weighted by Gasteiger charge is -2.17. The number of ether oxygens (including phenoxy) is 1. The molecule has 0 radical (unpaired) electrons. The van der Waals surface area contributed by atoms with Crippen LogP contribution in [0.4, 0.5) is 0 Å². The standard InChI is InChI=1S/C11H22N2O2/c1-4-15-9(2)7-12-8-11(14)13(3)10-5-6-10/h9-10,12H,4-8H2,1-3H3. The van der Waals surface area contributed by atoms with Crippen molar-refractivity contribution in [2.75, 3.05) is 26.7 Å². The number of carbonyl (C=O) groups is 1. The summed E-state index contributed by atoms with van der Waals surface area (Å²) in [6, 6.07) is 0.503. The highest BCUT2D eigenvalue weighted by Crippen LogP contribution is 2.24. The van der Waals surface area contributed by atoms with Crippen LogP contribution in [0.5, 0.6) is 0 Å². The van der Waals surface area contributed by atoms with Crippen LogP contribution in [0.1, 0.15) is 26.7 Å². The Kier molecular flexibility index (Phi) is 5.05. The van der Waals surface area contributed by atoms with E-state index < -0.39 is 0 Å². The third-order valence-corrected chi connectivity index (χ3v) is 2.65. The lowest BCUT2D eigenvalue weighted by atomic mass is 10.4. The average Bonchev–Trinajstić information content (AvgIpc) is 3.00. The third-order valence-electron chi connectivity index (χ3n) is 2.65. The van der Waals surface area contributed by atoms with E-state index in [-0.39, 0.29) is 12.0 Å².